The number of hydrogen-bond acceptors (Lipinski definition) is 5. The number of pyridine rings is 1. The third-order valence-corrected chi connectivity index (χ3v) is 4.08. The van der Waals surface area contributed by atoms with E-state index in [4.69, 9.17) is 4.74 Å². The number of fused-ring (bicyclic) bond motifs is 1. The summed E-state index contributed by atoms with van der Waals surface area (Å²) < 4.78 is 5.17. The Morgan fingerprint density at radius 1 is 0.966 bits per heavy atom. The lowest BCUT2D eigenvalue weighted by atomic mass is 10.2. The summed E-state index contributed by atoms with van der Waals surface area (Å²) in [5.41, 5.74) is 1.22. The van der Waals surface area contributed by atoms with Gasteiger partial charge < -0.3 is 20.4 Å². The maximum atomic E-state index is 12.3. The van der Waals surface area contributed by atoms with E-state index in [1.807, 2.05) is 0 Å². The van der Waals surface area contributed by atoms with Gasteiger partial charge in [0.2, 0.25) is 5.91 Å². The number of benzene rings is 2. The molecule has 0 saturated carbocycles. The van der Waals surface area contributed by atoms with Crippen molar-refractivity contribution in [3.05, 3.63) is 70.5 Å². The van der Waals surface area contributed by atoms with Crippen LogP contribution in [0.4, 0.5) is 11.4 Å². The molecule has 2 amide bonds. The van der Waals surface area contributed by atoms with E-state index in [0.717, 1.165) is 6.07 Å². The highest BCUT2D eigenvalue weighted by Gasteiger charge is 2.20. The van der Waals surface area contributed by atoms with Crippen molar-refractivity contribution in [1.29, 1.82) is 0 Å². The highest BCUT2D eigenvalue weighted by Crippen LogP contribution is 2.14. The molecule has 1 heterocycles. The van der Waals surface area contributed by atoms with Gasteiger partial charge in [-0.15, -0.1) is 0 Å². The molecule has 0 fully saturated rings. The number of amides is 2. The molecule has 0 radical (unpaired) electrons. The largest absolute Gasteiger partial charge is 0.448 e. The molecule has 0 spiro atoms. The summed E-state index contributed by atoms with van der Waals surface area (Å²) in [6.45, 7) is 2.83. The second-order valence-electron chi connectivity index (χ2n) is 6.39. The fourth-order valence-corrected chi connectivity index (χ4v) is 2.67. The molecule has 0 aliphatic heterocycles. The topological polar surface area (TPSA) is 117 Å². The van der Waals surface area contributed by atoms with Crippen LogP contribution in [0.3, 0.4) is 0 Å². The van der Waals surface area contributed by atoms with Gasteiger partial charge in [0.15, 0.2) is 11.5 Å². The summed E-state index contributed by atoms with van der Waals surface area (Å²) in [5.74, 6) is -1.54. The third kappa shape index (κ3) is 4.86. The number of hydrogen-bond donors (Lipinski definition) is 3. The molecule has 8 nitrogen and oxygen atoms in total. The Balaban J connectivity index is 1.65. The zero-order valence-electron chi connectivity index (χ0n) is 15.8. The second kappa shape index (κ2) is 8.39. The number of ether oxygens (including phenoxy) is 1. The Kier molecular flexibility index (Phi) is 5.73. The normalized spacial score (nSPS) is 11.5. The Bertz CT molecular complexity index is 1140. The fraction of sp³-hybridized carbons (Fsp3) is 0.143. The zero-order chi connectivity index (χ0) is 21.0. The molecule has 8 heteroatoms. The smallest absolute Gasteiger partial charge is 0.355 e. The molecule has 0 aliphatic carbocycles. The number of H-pyrrole nitrogens is 1. The molecule has 1 atom stereocenters. The van der Waals surface area contributed by atoms with Gasteiger partial charge in [-0.3, -0.25) is 14.4 Å². The molecule has 29 heavy (non-hydrogen) atoms. The van der Waals surface area contributed by atoms with Gasteiger partial charge in [0.1, 0.15) is 5.69 Å². The predicted molar refractivity (Wildman–Crippen MR) is 109 cm³/mol. The Morgan fingerprint density at radius 2 is 1.59 bits per heavy atom. The number of carbonyl (C=O) groups excluding carboxylic acids is 3. The minimum absolute atomic E-state index is 0.0342. The van der Waals surface area contributed by atoms with E-state index in [1.165, 1.54) is 13.8 Å². The van der Waals surface area contributed by atoms with E-state index in [-0.39, 0.29) is 17.0 Å². The van der Waals surface area contributed by atoms with E-state index >= 15 is 0 Å². The average Bonchev–Trinajstić information content (AvgIpc) is 2.69. The van der Waals surface area contributed by atoms with Gasteiger partial charge in [0.05, 0.1) is 0 Å². The average molecular weight is 393 g/mol. The van der Waals surface area contributed by atoms with E-state index in [0.29, 0.717) is 22.3 Å². The summed E-state index contributed by atoms with van der Waals surface area (Å²) in [6, 6.07) is 14.4. The van der Waals surface area contributed by atoms with Crippen molar-refractivity contribution in [1.82, 2.24) is 4.98 Å². The van der Waals surface area contributed by atoms with Gasteiger partial charge in [-0.05, 0) is 43.3 Å². The van der Waals surface area contributed by atoms with E-state index in [2.05, 4.69) is 15.6 Å². The number of aromatic amines is 1. The summed E-state index contributed by atoms with van der Waals surface area (Å²) >= 11 is 0. The van der Waals surface area contributed by atoms with Crippen LogP contribution >= 0.6 is 0 Å². The molecule has 3 N–H and O–H groups in total. The Morgan fingerprint density at radius 3 is 2.24 bits per heavy atom. The van der Waals surface area contributed by atoms with E-state index in [1.54, 1.807) is 48.5 Å². The summed E-state index contributed by atoms with van der Waals surface area (Å²) in [4.78, 5) is 50.6. The van der Waals surface area contributed by atoms with Crippen LogP contribution in [0.15, 0.2) is 59.4 Å². The Labute approximate surface area is 165 Å². The lowest BCUT2D eigenvalue weighted by molar-refractivity contribution is -0.123. The van der Waals surface area contributed by atoms with Crippen molar-refractivity contribution in [3.8, 4) is 0 Å². The molecule has 0 aliphatic rings. The number of nitrogens with one attached hydrogen (secondary N) is 3. The van der Waals surface area contributed by atoms with E-state index in [9.17, 15) is 19.2 Å². The summed E-state index contributed by atoms with van der Waals surface area (Å²) in [7, 11) is 0. The molecule has 0 unspecified atom stereocenters. The first kappa shape index (κ1) is 19.8. The van der Waals surface area contributed by atoms with Crippen LogP contribution in [0.25, 0.3) is 10.9 Å². The molecular formula is C21H19N3O5. The number of aromatic nitrogens is 1. The maximum Gasteiger partial charge on any atom is 0.355 e. The first-order valence-electron chi connectivity index (χ1n) is 8.85. The quantitative estimate of drug-likeness (QED) is 0.576. The molecule has 2 aromatic carbocycles. The van der Waals surface area contributed by atoms with Crippen molar-refractivity contribution >= 4 is 40.1 Å². The molecule has 0 bridgehead atoms. The van der Waals surface area contributed by atoms with Crippen LogP contribution in [0.5, 0.6) is 0 Å². The SMILES string of the molecule is CC(=O)Nc1ccc(NC(=O)[C@@H](C)OC(=O)c2cc(=O)c3ccccc3[nH]2)cc1. The molecule has 0 saturated heterocycles. The van der Waals surface area contributed by atoms with Gasteiger partial charge in [0.25, 0.3) is 5.91 Å². The van der Waals surface area contributed by atoms with Crippen LogP contribution in [0, 0.1) is 0 Å². The monoisotopic (exact) mass is 393 g/mol. The van der Waals surface area contributed by atoms with Crippen molar-refractivity contribution < 1.29 is 19.1 Å². The van der Waals surface area contributed by atoms with Crippen LogP contribution in [0.2, 0.25) is 0 Å². The standard InChI is InChI=1S/C21H19N3O5/c1-12(20(27)23-15-9-7-14(8-10-15)22-13(2)25)29-21(28)18-11-19(26)16-5-3-4-6-17(16)24-18/h3-12H,1-2H3,(H,22,25)(H,23,27)(H,24,26)/t12-/m1/s1. The van der Waals surface area contributed by atoms with E-state index < -0.39 is 18.0 Å². The molecule has 1 aromatic heterocycles. The number of rotatable bonds is 5. The number of esters is 1. The summed E-state index contributed by atoms with van der Waals surface area (Å²) in [6.07, 6.45) is -1.09. The molecule has 3 aromatic rings. The predicted octanol–water partition coefficient (Wildman–Crippen LogP) is 2.67. The first-order valence-corrected chi connectivity index (χ1v) is 8.85. The molecular weight excluding hydrogens is 374 g/mol. The minimum Gasteiger partial charge on any atom is -0.448 e. The van der Waals surface area contributed by atoms with Crippen molar-refractivity contribution in [2.75, 3.05) is 10.6 Å². The number of anilines is 2. The lowest BCUT2D eigenvalue weighted by Crippen LogP contribution is -2.30. The summed E-state index contributed by atoms with van der Waals surface area (Å²) in [5, 5.41) is 5.69. The highest BCUT2D eigenvalue weighted by molar-refractivity contribution is 5.97. The van der Waals surface area contributed by atoms with Crippen molar-refractivity contribution in [3.63, 3.8) is 0 Å². The van der Waals surface area contributed by atoms with Gasteiger partial charge in [-0.25, -0.2) is 4.79 Å². The Hall–Kier alpha value is -3.94. The highest BCUT2D eigenvalue weighted by atomic mass is 16.5. The van der Waals surface area contributed by atoms with Gasteiger partial charge in [0, 0.05) is 35.3 Å². The molecule has 3 rings (SSSR count). The molecule has 148 valence electrons. The van der Waals surface area contributed by atoms with Crippen LogP contribution in [-0.2, 0) is 14.3 Å². The number of carbonyl (C=O) groups is 3. The zero-order valence-corrected chi connectivity index (χ0v) is 15.8. The lowest BCUT2D eigenvalue weighted by Gasteiger charge is -2.14. The number of para-hydroxylation sites is 1. The first-order chi connectivity index (χ1) is 13.8. The maximum absolute atomic E-state index is 12.3. The van der Waals surface area contributed by atoms with Crippen molar-refractivity contribution in [2.24, 2.45) is 0 Å². The van der Waals surface area contributed by atoms with Gasteiger partial charge in [-0.2, -0.15) is 0 Å². The van der Waals surface area contributed by atoms with Crippen LogP contribution in [-0.4, -0.2) is 28.9 Å². The minimum atomic E-state index is -1.09. The van der Waals surface area contributed by atoms with Crippen molar-refractivity contribution in [2.45, 2.75) is 20.0 Å². The van der Waals surface area contributed by atoms with Gasteiger partial charge >= 0.3 is 5.97 Å². The van der Waals surface area contributed by atoms with Crippen LogP contribution < -0.4 is 16.1 Å². The fourth-order valence-electron chi connectivity index (χ4n) is 2.67. The second-order valence-corrected chi connectivity index (χ2v) is 6.39. The third-order valence-electron chi connectivity index (χ3n) is 4.08. The van der Waals surface area contributed by atoms with Gasteiger partial charge in [-0.1, -0.05) is 12.1 Å². The van der Waals surface area contributed by atoms with Crippen LogP contribution in [0.1, 0.15) is 24.3 Å².